The monoisotopic (exact) mass is 196 g/mol. The maximum Gasteiger partial charge on any atom is 0.154 e. The molecule has 2 heterocycles. The molecule has 0 amide bonds. The predicted octanol–water partition coefficient (Wildman–Crippen LogP) is 0.0143. The van der Waals surface area contributed by atoms with Crippen LogP contribution in [0.5, 0.6) is 0 Å². The van der Waals surface area contributed by atoms with Gasteiger partial charge in [0.05, 0.1) is 33.5 Å². The Hall–Kier alpha value is -0.710. The molecule has 14 heavy (non-hydrogen) atoms. The predicted molar refractivity (Wildman–Crippen MR) is 55.8 cm³/mol. The molecule has 1 N–H and O–H groups in total. The van der Waals surface area contributed by atoms with Crippen LogP contribution >= 0.6 is 0 Å². The van der Waals surface area contributed by atoms with Crippen LogP contribution in [0.2, 0.25) is 0 Å². The molecule has 2 aliphatic rings. The molecule has 0 aromatic rings. The molecule has 0 saturated carbocycles. The molecular weight excluding hydrogens is 178 g/mol. The zero-order valence-electron chi connectivity index (χ0n) is 8.90. The van der Waals surface area contributed by atoms with E-state index in [1.165, 1.54) is 11.3 Å². The first kappa shape index (κ1) is 9.83. The zero-order valence-corrected chi connectivity index (χ0v) is 8.90. The van der Waals surface area contributed by atoms with Crippen molar-refractivity contribution >= 4 is 6.21 Å². The first-order valence-corrected chi connectivity index (χ1v) is 5.09. The third kappa shape index (κ3) is 1.61. The van der Waals surface area contributed by atoms with Gasteiger partial charge in [0.2, 0.25) is 0 Å². The van der Waals surface area contributed by atoms with Crippen molar-refractivity contribution < 1.29 is 9.70 Å². The molecule has 2 rings (SSSR count). The Morgan fingerprint density at radius 1 is 1.57 bits per heavy atom. The third-order valence-corrected chi connectivity index (χ3v) is 3.02. The summed E-state index contributed by atoms with van der Waals surface area (Å²) in [6.45, 7) is 3.02. The Morgan fingerprint density at radius 3 is 3.07 bits per heavy atom. The van der Waals surface area contributed by atoms with Gasteiger partial charge in [-0.15, -0.1) is 0 Å². The standard InChI is InChI=1S/C10H18N3O/c1-13(2)10-8-12(5-6-14)4-3-9(10)7-11-13/h7,14H,3-6,8H2,1-2H3/q+1. The minimum atomic E-state index is 0.247. The van der Waals surface area contributed by atoms with E-state index >= 15 is 0 Å². The maximum atomic E-state index is 8.90. The van der Waals surface area contributed by atoms with Crippen molar-refractivity contribution in [2.45, 2.75) is 6.42 Å². The summed E-state index contributed by atoms with van der Waals surface area (Å²) in [6.07, 6.45) is 3.08. The molecule has 2 aliphatic heterocycles. The molecule has 0 spiro atoms. The second kappa shape index (κ2) is 3.46. The van der Waals surface area contributed by atoms with E-state index in [9.17, 15) is 0 Å². The first-order chi connectivity index (χ1) is 6.63. The maximum absolute atomic E-state index is 8.90. The first-order valence-electron chi connectivity index (χ1n) is 5.09. The van der Waals surface area contributed by atoms with Crippen molar-refractivity contribution in [3.05, 3.63) is 11.3 Å². The fourth-order valence-electron chi connectivity index (χ4n) is 2.09. The van der Waals surface area contributed by atoms with Crippen molar-refractivity contribution in [3.8, 4) is 0 Å². The Morgan fingerprint density at radius 2 is 2.36 bits per heavy atom. The van der Waals surface area contributed by atoms with Crippen molar-refractivity contribution in [1.82, 2.24) is 4.90 Å². The van der Waals surface area contributed by atoms with Crippen molar-refractivity contribution in [2.24, 2.45) is 5.10 Å². The van der Waals surface area contributed by atoms with E-state index in [1.807, 2.05) is 6.21 Å². The normalized spacial score (nSPS) is 25.6. The van der Waals surface area contributed by atoms with E-state index in [4.69, 9.17) is 5.11 Å². The van der Waals surface area contributed by atoms with E-state index < -0.39 is 0 Å². The van der Waals surface area contributed by atoms with Gasteiger partial charge in [0.15, 0.2) is 5.70 Å². The van der Waals surface area contributed by atoms with Gasteiger partial charge in [0.25, 0.3) is 0 Å². The molecule has 0 saturated heterocycles. The highest BCUT2D eigenvalue weighted by Gasteiger charge is 2.34. The summed E-state index contributed by atoms with van der Waals surface area (Å²) in [6, 6.07) is 0. The van der Waals surface area contributed by atoms with E-state index in [1.54, 1.807) is 0 Å². The summed E-state index contributed by atoms with van der Waals surface area (Å²) in [5.74, 6) is 0. The molecule has 0 unspecified atom stereocenters. The van der Waals surface area contributed by atoms with Crippen LogP contribution in [0.25, 0.3) is 0 Å². The van der Waals surface area contributed by atoms with Gasteiger partial charge in [0.1, 0.15) is 0 Å². The summed E-state index contributed by atoms with van der Waals surface area (Å²) in [5, 5.41) is 13.4. The number of nitrogens with zero attached hydrogens (tertiary/aromatic N) is 3. The summed E-state index contributed by atoms with van der Waals surface area (Å²) in [4.78, 5) is 2.29. The number of β-amino-alcohol motifs (C(OH)–C–C–N with tert-alkyl or cyclic N) is 1. The van der Waals surface area contributed by atoms with Crippen LogP contribution in [0.4, 0.5) is 0 Å². The van der Waals surface area contributed by atoms with Crippen LogP contribution in [0, 0.1) is 0 Å². The third-order valence-electron chi connectivity index (χ3n) is 3.02. The Kier molecular flexibility index (Phi) is 2.43. The van der Waals surface area contributed by atoms with Crippen molar-refractivity contribution in [2.75, 3.05) is 40.3 Å². The van der Waals surface area contributed by atoms with Gasteiger partial charge in [-0.25, -0.2) is 0 Å². The Bertz CT molecular complexity index is 294. The number of aliphatic hydroxyl groups is 1. The van der Waals surface area contributed by atoms with Gasteiger partial charge in [-0.2, -0.15) is 4.59 Å². The van der Waals surface area contributed by atoms with E-state index in [2.05, 4.69) is 24.1 Å². The van der Waals surface area contributed by atoms with Gasteiger partial charge >= 0.3 is 0 Å². The highest BCUT2D eigenvalue weighted by molar-refractivity contribution is 5.80. The largest absolute Gasteiger partial charge is 0.395 e. The smallest absolute Gasteiger partial charge is 0.154 e. The molecule has 0 aromatic carbocycles. The summed E-state index contributed by atoms with van der Waals surface area (Å²) in [7, 11) is 4.20. The molecule has 4 heteroatoms. The lowest BCUT2D eigenvalue weighted by molar-refractivity contribution is -0.857. The lowest BCUT2D eigenvalue weighted by Gasteiger charge is -2.30. The summed E-state index contributed by atoms with van der Waals surface area (Å²) < 4.78 is 0.636. The number of quaternary nitrogens is 1. The molecular formula is C10H18N3O+. The molecule has 0 fully saturated rings. The van der Waals surface area contributed by atoms with E-state index in [0.717, 1.165) is 26.1 Å². The number of hydrogen-bond acceptors (Lipinski definition) is 3. The molecule has 78 valence electrons. The van der Waals surface area contributed by atoms with Crippen LogP contribution < -0.4 is 0 Å². The quantitative estimate of drug-likeness (QED) is 0.632. The van der Waals surface area contributed by atoms with Crippen LogP contribution in [-0.4, -0.2) is 61.1 Å². The number of hydrogen-bond donors (Lipinski definition) is 1. The van der Waals surface area contributed by atoms with Gasteiger partial charge < -0.3 is 5.11 Å². The molecule has 0 aromatic heterocycles. The van der Waals surface area contributed by atoms with Gasteiger partial charge in [-0.1, -0.05) is 5.10 Å². The minimum absolute atomic E-state index is 0.247. The number of likely N-dealkylation sites (N-methyl/N-ethyl adjacent to an activating group) is 1. The SMILES string of the molecule is C[N+]1(C)N=CC2=C1CN(CCO)CC2. The fourth-order valence-corrected chi connectivity index (χ4v) is 2.09. The molecule has 0 atom stereocenters. The molecule has 4 nitrogen and oxygen atoms in total. The highest BCUT2D eigenvalue weighted by atomic mass is 16.3. The Balaban J connectivity index is 2.12. The van der Waals surface area contributed by atoms with E-state index in [0.29, 0.717) is 4.59 Å². The van der Waals surface area contributed by atoms with Crippen LogP contribution in [0.15, 0.2) is 16.4 Å². The summed E-state index contributed by atoms with van der Waals surface area (Å²) in [5.41, 5.74) is 2.77. The number of rotatable bonds is 2. The van der Waals surface area contributed by atoms with Gasteiger partial charge in [-0.3, -0.25) is 4.90 Å². The average Bonchev–Trinajstić information content (AvgIpc) is 2.44. The second-order valence-corrected chi connectivity index (χ2v) is 4.36. The molecule has 0 aliphatic carbocycles. The fraction of sp³-hybridized carbons (Fsp3) is 0.700. The highest BCUT2D eigenvalue weighted by Crippen LogP contribution is 2.28. The number of aliphatic hydroxyl groups excluding tert-OH is 1. The Labute approximate surface area is 84.7 Å². The molecule has 0 bridgehead atoms. The van der Waals surface area contributed by atoms with Crippen molar-refractivity contribution in [1.29, 1.82) is 0 Å². The zero-order chi connectivity index (χ0) is 10.2. The van der Waals surface area contributed by atoms with Crippen molar-refractivity contribution in [3.63, 3.8) is 0 Å². The topological polar surface area (TPSA) is 35.8 Å². The minimum Gasteiger partial charge on any atom is -0.395 e. The second-order valence-electron chi connectivity index (χ2n) is 4.36. The van der Waals surface area contributed by atoms with Crippen LogP contribution in [-0.2, 0) is 0 Å². The van der Waals surface area contributed by atoms with Crippen LogP contribution in [0.3, 0.4) is 0 Å². The lowest BCUT2D eigenvalue weighted by Crippen LogP contribution is -2.41. The van der Waals surface area contributed by atoms with Gasteiger partial charge in [-0.05, 0) is 6.42 Å². The lowest BCUT2D eigenvalue weighted by atomic mass is 10.1. The summed E-state index contributed by atoms with van der Waals surface area (Å²) >= 11 is 0. The van der Waals surface area contributed by atoms with Crippen LogP contribution in [0.1, 0.15) is 6.42 Å². The molecule has 0 radical (unpaired) electrons. The average molecular weight is 196 g/mol. The van der Waals surface area contributed by atoms with E-state index in [-0.39, 0.29) is 6.61 Å². The van der Waals surface area contributed by atoms with Gasteiger partial charge in [0, 0.05) is 18.7 Å².